The van der Waals surface area contributed by atoms with Gasteiger partial charge >= 0.3 is 0 Å². The predicted molar refractivity (Wildman–Crippen MR) is 75.1 cm³/mol. The van der Waals surface area contributed by atoms with Crippen molar-refractivity contribution in [3.05, 3.63) is 39.9 Å². The van der Waals surface area contributed by atoms with Crippen molar-refractivity contribution in [1.82, 2.24) is 10.2 Å². The van der Waals surface area contributed by atoms with Crippen LogP contribution >= 0.6 is 0 Å². The maximum Gasteiger partial charge on any atom is 0.269 e. The number of nitro benzene ring substituents is 1. The number of piperidine rings is 1. The molecule has 0 saturated carbocycles. The fourth-order valence-electron chi connectivity index (χ4n) is 2.69. The molecule has 0 aromatic heterocycles. The van der Waals surface area contributed by atoms with E-state index in [4.69, 9.17) is 0 Å². The van der Waals surface area contributed by atoms with Gasteiger partial charge in [-0.25, -0.2) is 0 Å². The lowest BCUT2D eigenvalue weighted by Gasteiger charge is -2.35. The van der Waals surface area contributed by atoms with Gasteiger partial charge in [-0.15, -0.1) is 0 Å². The summed E-state index contributed by atoms with van der Waals surface area (Å²) >= 11 is 0. The van der Waals surface area contributed by atoms with E-state index >= 15 is 0 Å². The normalized spacial score (nSPS) is 20.4. The fraction of sp³-hybridized carbons (Fsp3) is 0.571. The summed E-state index contributed by atoms with van der Waals surface area (Å²) in [5.74, 6) is 0. The molecule has 5 nitrogen and oxygen atoms in total. The van der Waals surface area contributed by atoms with Crippen LogP contribution in [-0.2, 0) is 6.54 Å². The lowest BCUT2D eigenvalue weighted by atomic mass is 10.0. The molecule has 0 bridgehead atoms. The SMILES string of the molecule is CNCC1CCCCN1Cc1ccc([N+](=O)[O-])cc1. The van der Waals surface area contributed by atoms with Crippen LogP contribution in [0.15, 0.2) is 24.3 Å². The number of nitrogens with zero attached hydrogens (tertiary/aromatic N) is 2. The Morgan fingerprint density at radius 2 is 2.11 bits per heavy atom. The maximum atomic E-state index is 10.6. The van der Waals surface area contributed by atoms with Crippen molar-refractivity contribution in [2.24, 2.45) is 0 Å². The van der Waals surface area contributed by atoms with E-state index in [0.717, 1.165) is 25.2 Å². The molecule has 1 saturated heterocycles. The van der Waals surface area contributed by atoms with Crippen LogP contribution in [0.2, 0.25) is 0 Å². The van der Waals surface area contributed by atoms with Crippen molar-refractivity contribution in [3.63, 3.8) is 0 Å². The van der Waals surface area contributed by atoms with Gasteiger partial charge < -0.3 is 5.32 Å². The number of benzene rings is 1. The molecule has 1 atom stereocenters. The number of rotatable bonds is 5. The summed E-state index contributed by atoms with van der Waals surface area (Å²) in [7, 11) is 1.98. The quantitative estimate of drug-likeness (QED) is 0.653. The van der Waals surface area contributed by atoms with Crippen LogP contribution in [0.3, 0.4) is 0 Å². The van der Waals surface area contributed by atoms with Crippen molar-refractivity contribution >= 4 is 5.69 Å². The van der Waals surface area contributed by atoms with E-state index in [-0.39, 0.29) is 10.6 Å². The largest absolute Gasteiger partial charge is 0.318 e. The molecule has 0 radical (unpaired) electrons. The zero-order valence-electron chi connectivity index (χ0n) is 11.3. The van der Waals surface area contributed by atoms with Gasteiger partial charge in [0.2, 0.25) is 0 Å². The van der Waals surface area contributed by atoms with Gasteiger partial charge in [0.25, 0.3) is 5.69 Å². The van der Waals surface area contributed by atoms with E-state index in [2.05, 4.69) is 10.2 Å². The topological polar surface area (TPSA) is 58.4 Å². The minimum atomic E-state index is -0.353. The first kappa shape index (κ1) is 14.0. The number of hydrogen-bond donors (Lipinski definition) is 1. The van der Waals surface area contributed by atoms with Gasteiger partial charge in [0, 0.05) is 31.3 Å². The first-order valence-electron chi connectivity index (χ1n) is 6.82. The Morgan fingerprint density at radius 3 is 2.74 bits per heavy atom. The standard InChI is InChI=1S/C14H21N3O2/c1-15-10-14-4-2-3-9-16(14)11-12-5-7-13(8-6-12)17(18)19/h5-8,14-15H,2-4,9-11H2,1H3. The van der Waals surface area contributed by atoms with Crippen molar-refractivity contribution in [2.75, 3.05) is 20.1 Å². The van der Waals surface area contributed by atoms with E-state index in [1.807, 2.05) is 19.2 Å². The molecule has 1 heterocycles. The third-order valence-corrected chi connectivity index (χ3v) is 3.72. The minimum absolute atomic E-state index is 0.161. The van der Waals surface area contributed by atoms with Crippen molar-refractivity contribution in [3.8, 4) is 0 Å². The molecule has 1 N–H and O–H groups in total. The first-order chi connectivity index (χ1) is 9.20. The molecule has 1 aromatic carbocycles. The fourth-order valence-corrected chi connectivity index (χ4v) is 2.69. The van der Waals surface area contributed by atoms with Gasteiger partial charge in [0.1, 0.15) is 0 Å². The van der Waals surface area contributed by atoms with Crippen molar-refractivity contribution in [1.29, 1.82) is 0 Å². The summed E-state index contributed by atoms with van der Waals surface area (Å²) in [6.45, 7) is 3.00. The average molecular weight is 263 g/mol. The van der Waals surface area contributed by atoms with Gasteiger partial charge in [0.05, 0.1) is 4.92 Å². The second-order valence-electron chi connectivity index (χ2n) is 5.10. The lowest BCUT2D eigenvalue weighted by Crippen LogP contribution is -2.44. The van der Waals surface area contributed by atoms with Gasteiger partial charge in [-0.3, -0.25) is 15.0 Å². The van der Waals surface area contributed by atoms with E-state index in [0.29, 0.717) is 6.04 Å². The van der Waals surface area contributed by atoms with Crippen LogP contribution in [0.1, 0.15) is 24.8 Å². The smallest absolute Gasteiger partial charge is 0.269 e. The van der Waals surface area contributed by atoms with Crippen LogP contribution in [0.25, 0.3) is 0 Å². The third-order valence-electron chi connectivity index (χ3n) is 3.72. The molecular formula is C14H21N3O2. The van der Waals surface area contributed by atoms with E-state index in [1.54, 1.807) is 12.1 Å². The van der Waals surface area contributed by atoms with Crippen LogP contribution in [0, 0.1) is 10.1 Å². The molecule has 1 unspecified atom stereocenters. The van der Waals surface area contributed by atoms with Gasteiger partial charge in [-0.2, -0.15) is 0 Å². The molecule has 1 aliphatic rings. The average Bonchev–Trinajstić information content (AvgIpc) is 2.42. The molecule has 104 valence electrons. The van der Waals surface area contributed by atoms with Crippen molar-refractivity contribution < 1.29 is 4.92 Å². The highest BCUT2D eigenvalue weighted by Gasteiger charge is 2.21. The summed E-state index contributed by atoms with van der Waals surface area (Å²) in [5, 5.41) is 13.9. The molecule has 5 heteroatoms. The highest BCUT2D eigenvalue weighted by molar-refractivity contribution is 5.32. The predicted octanol–water partition coefficient (Wildman–Crippen LogP) is 2.17. The highest BCUT2D eigenvalue weighted by Crippen LogP contribution is 2.20. The Bertz CT molecular complexity index is 417. The summed E-state index contributed by atoms with van der Waals surface area (Å²) < 4.78 is 0. The Hall–Kier alpha value is -1.46. The molecule has 1 aromatic rings. The Kier molecular flexibility index (Phi) is 4.87. The van der Waals surface area contributed by atoms with Gasteiger partial charge in [-0.05, 0) is 32.0 Å². The monoisotopic (exact) mass is 263 g/mol. The highest BCUT2D eigenvalue weighted by atomic mass is 16.6. The number of likely N-dealkylation sites (N-methyl/N-ethyl adjacent to an activating group) is 1. The zero-order chi connectivity index (χ0) is 13.7. The van der Waals surface area contributed by atoms with E-state index in [1.165, 1.54) is 19.3 Å². The first-order valence-corrected chi connectivity index (χ1v) is 6.82. The Morgan fingerprint density at radius 1 is 1.37 bits per heavy atom. The maximum absolute atomic E-state index is 10.6. The lowest BCUT2D eigenvalue weighted by molar-refractivity contribution is -0.384. The summed E-state index contributed by atoms with van der Waals surface area (Å²) in [6.07, 6.45) is 3.77. The number of nitrogens with one attached hydrogen (secondary N) is 1. The molecular weight excluding hydrogens is 242 g/mol. The number of non-ortho nitro benzene ring substituents is 1. The van der Waals surface area contributed by atoms with Gasteiger partial charge in [0.15, 0.2) is 0 Å². The molecule has 19 heavy (non-hydrogen) atoms. The number of hydrogen-bond acceptors (Lipinski definition) is 4. The molecule has 0 amide bonds. The van der Waals surface area contributed by atoms with Crippen LogP contribution in [0.5, 0.6) is 0 Å². The van der Waals surface area contributed by atoms with Gasteiger partial charge in [-0.1, -0.05) is 18.6 Å². The molecule has 0 spiro atoms. The molecule has 2 rings (SSSR count). The number of likely N-dealkylation sites (tertiary alicyclic amines) is 1. The molecule has 1 fully saturated rings. The zero-order valence-corrected chi connectivity index (χ0v) is 11.3. The second kappa shape index (κ2) is 6.63. The number of nitro groups is 1. The Balaban J connectivity index is 2.00. The summed E-state index contributed by atoms with van der Waals surface area (Å²) in [6, 6.07) is 7.49. The van der Waals surface area contributed by atoms with E-state index in [9.17, 15) is 10.1 Å². The summed E-state index contributed by atoms with van der Waals surface area (Å²) in [5.41, 5.74) is 1.31. The third kappa shape index (κ3) is 3.75. The minimum Gasteiger partial charge on any atom is -0.318 e. The Labute approximate surface area is 113 Å². The second-order valence-corrected chi connectivity index (χ2v) is 5.10. The van der Waals surface area contributed by atoms with E-state index < -0.39 is 0 Å². The van der Waals surface area contributed by atoms with Crippen LogP contribution < -0.4 is 5.32 Å². The molecule has 1 aliphatic heterocycles. The summed E-state index contributed by atoms with van der Waals surface area (Å²) in [4.78, 5) is 12.7. The molecule has 0 aliphatic carbocycles. The van der Waals surface area contributed by atoms with Crippen LogP contribution in [0.4, 0.5) is 5.69 Å². The van der Waals surface area contributed by atoms with Crippen LogP contribution in [-0.4, -0.2) is 36.0 Å². The van der Waals surface area contributed by atoms with Crippen molar-refractivity contribution in [2.45, 2.75) is 31.8 Å².